The minimum Gasteiger partial charge on any atom is -0.348 e. The molecule has 0 radical (unpaired) electrons. The largest absolute Gasteiger partial charge is 0.348 e. The molecule has 0 heterocycles. The van der Waals surface area contributed by atoms with Gasteiger partial charge in [0, 0.05) is 24.1 Å². The summed E-state index contributed by atoms with van der Waals surface area (Å²) in [4.78, 5) is 12.6. The van der Waals surface area contributed by atoms with Crippen LogP contribution in [0.5, 0.6) is 0 Å². The van der Waals surface area contributed by atoms with E-state index in [4.69, 9.17) is 0 Å². The maximum absolute atomic E-state index is 12.6. The van der Waals surface area contributed by atoms with Crippen molar-refractivity contribution in [3.8, 4) is 11.8 Å². The number of amides is 1. The first-order valence-electron chi connectivity index (χ1n) is 8.68. The summed E-state index contributed by atoms with van der Waals surface area (Å²) < 4.78 is 0. The van der Waals surface area contributed by atoms with Crippen LogP contribution < -0.4 is 5.32 Å². The van der Waals surface area contributed by atoms with E-state index < -0.39 is 0 Å². The molecule has 3 aromatic rings. The van der Waals surface area contributed by atoms with Crippen LogP contribution in [-0.2, 0) is 13.0 Å². The predicted octanol–water partition coefficient (Wildman–Crippen LogP) is 4.52. The van der Waals surface area contributed by atoms with Gasteiger partial charge in [0.05, 0.1) is 0 Å². The summed E-state index contributed by atoms with van der Waals surface area (Å²) in [6, 6.07) is 25.7. The zero-order valence-corrected chi connectivity index (χ0v) is 14.8. The quantitative estimate of drug-likeness (QED) is 0.696. The van der Waals surface area contributed by atoms with Crippen LogP contribution in [0.25, 0.3) is 0 Å². The summed E-state index contributed by atoms with van der Waals surface area (Å²) in [6.07, 6.45) is 0.544. The van der Waals surface area contributed by atoms with Gasteiger partial charge in [0.2, 0.25) is 0 Å². The highest BCUT2D eigenvalue weighted by molar-refractivity contribution is 5.95. The number of aryl methyl sites for hydroxylation is 1. The molecule has 0 unspecified atom stereocenters. The molecular formula is C24H21NO. The van der Waals surface area contributed by atoms with E-state index >= 15 is 0 Å². The lowest BCUT2D eigenvalue weighted by Crippen LogP contribution is -2.23. The molecule has 128 valence electrons. The Hall–Kier alpha value is -3.31. The summed E-state index contributed by atoms with van der Waals surface area (Å²) in [6.45, 7) is 2.57. The lowest BCUT2D eigenvalue weighted by Gasteiger charge is -2.08. The van der Waals surface area contributed by atoms with Crippen LogP contribution in [0.4, 0.5) is 0 Å². The highest BCUT2D eigenvalue weighted by atomic mass is 16.1. The molecule has 0 spiro atoms. The Bertz CT molecular complexity index is 931. The van der Waals surface area contributed by atoms with Crippen molar-refractivity contribution >= 4 is 5.91 Å². The minimum absolute atomic E-state index is 0.0680. The van der Waals surface area contributed by atoms with Crippen LogP contribution in [0.3, 0.4) is 0 Å². The second-order valence-corrected chi connectivity index (χ2v) is 6.17. The van der Waals surface area contributed by atoms with Crippen molar-refractivity contribution < 1.29 is 4.79 Å². The molecule has 0 aliphatic heterocycles. The number of hydrogen-bond donors (Lipinski definition) is 1. The number of carbonyl (C=O) groups excluding carboxylic acids is 1. The van der Waals surface area contributed by atoms with Crippen molar-refractivity contribution in [1.82, 2.24) is 5.32 Å². The van der Waals surface area contributed by atoms with Gasteiger partial charge >= 0.3 is 0 Å². The van der Waals surface area contributed by atoms with Crippen LogP contribution in [0.2, 0.25) is 0 Å². The number of rotatable bonds is 4. The van der Waals surface area contributed by atoms with Crippen molar-refractivity contribution in [2.75, 3.05) is 0 Å². The Morgan fingerprint density at radius 2 is 1.58 bits per heavy atom. The van der Waals surface area contributed by atoms with Gasteiger partial charge in [0.15, 0.2) is 0 Å². The number of hydrogen-bond acceptors (Lipinski definition) is 1. The number of nitrogens with one attached hydrogen (secondary N) is 1. The number of carbonyl (C=O) groups is 1. The van der Waals surface area contributed by atoms with Crippen molar-refractivity contribution in [3.05, 3.63) is 107 Å². The lowest BCUT2D eigenvalue weighted by molar-refractivity contribution is 0.0950. The third-order valence-electron chi connectivity index (χ3n) is 4.12. The number of benzene rings is 3. The summed E-state index contributed by atoms with van der Waals surface area (Å²) in [5.41, 5.74) is 4.91. The Kier molecular flexibility index (Phi) is 5.85. The van der Waals surface area contributed by atoms with E-state index in [0.717, 1.165) is 16.7 Å². The zero-order chi connectivity index (χ0) is 18.2. The molecule has 2 nitrogen and oxygen atoms in total. The average molecular weight is 339 g/mol. The molecule has 1 amide bonds. The fraction of sp³-hybridized carbons (Fsp3) is 0.125. The van der Waals surface area contributed by atoms with Gasteiger partial charge in [-0.2, -0.15) is 0 Å². The van der Waals surface area contributed by atoms with E-state index in [1.807, 2.05) is 66.7 Å². The van der Waals surface area contributed by atoms with E-state index in [0.29, 0.717) is 18.5 Å². The van der Waals surface area contributed by atoms with Gasteiger partial charge in [0.25, 0.3) is 5.91 Å². The van der Waals surface area contributed by atoms with Gasteiger partial charge in [-0.1, -0.05) is 78.1 Å². The molecule has 3 aromatic carbocycles. The average Bonchev–Trinajstić information content (AvgIpc) is 2.69. The molecule has 2 heteroatoms. The second-order valence-electron chi connectivity index (χ2n) is 6.17. The topological polar surface area (TPSA) is 29.1 Å². The van der Waals surface area contributed by atoms with Crippen LogP contribution in [0.1, 0.15) is 32.6 Å². The van der Waals surface area contributed by atoms with Crippen molar-refractivity contribution in [2.24, 2.45) is 0 Å². The van der Waals surface area contributed by atoms with E-state index in [9.17, 15) is 4.79 Å². The van der Waals surface area contributed by atoms with Crippen molar-refractivity contribution in [3.63, 3.8) is 0 Å². The molecule has 0 aliphatic rings. The van der Waals surface area contributed by atoms with E-state index in [1.165, 1.54) is 5.56 Å². The molecule has 0 bridgehead atoms. The molecule has 1 N–H and O–H groups in total. The maximum atomic E-state index is 12.6. The maximum Gasteiger partial charge on any atom is 0.251 e. The molecule has 26 heavy (non-hydrogen) atoms. The van der Waals surface area contributed by atoms with Gasteiger partial charge in [-0.3, -0.25) is 4.79 Å². The van der Waals surface area contributed by atoms with E-state index in [2.05, 4.69) is 36.2 Å². The summed E-state index contributed by atoms with van der Waals surface area (Å²) in [5, 5.41) is 2.98. The molecule has 0 aliphatic carbocycles. The molecule has 0 atom stereocenters. The van der Waals surface area contributed by atoms with Gasteiger partial charge in [0.1, 0.15) is 0 Å². The first-order valence-corrected chi connectivity index (χ1v) is 8.68. The summed E-state index contributed by atoms with van der Waals surface area (Å²) >= 11 is 0. The van der Waals surface area contributed by atoms with Crippen LogP contribution in [0, 0.1) is 18.8 Å². The van der Waals surface area contributed by atoms with E-state index in [-0.39, 0.29) is 5.91 Å². The van der Waals surface area contributed by atoms with Crippen LogP contribution in [0.15, 0.2) is 78.9 Å². The fourth-order valence-corrected chi connectivity index (χ4v) is 2.65. The van der Waals surface area contributed by atoms with Gasteiger partial charge in [-0.05, 0) is 36.2 Å². The summed E-state index contributed by atoms with van der Waals surface area (Å²) in [7, 11) is 0. The zero-order valence-electron chi connectivity index (χ0n) is 14.8. The van der Waals surface area contributed by atoms with Crippen LogP contribution >= 0.6 is 0 Å². The Morgan fingerprint density at radius 1 is 0.885 bits per heavy atom. The van der Waals surface area contributed by atoms with Gasteiger partial charge in [-0.15, -0.1) is 0 Å². The van der Waals surface area contributed by atoms with Gasteiger partial charge in [-0.25, -0.2) is 0 Å². The normalized spacial score (nSPS) is 9.88. The molecule has 0 saturated carbocycles. The third kappa shape index (κ3) is 4.84. The molecular weight excluding hydrogens is 318 g/mol. The van der Waals surface area contributed by atoms with Crippen molar-refractivity contribution in [1.29, 1.82) is 0 Å². The second kappa shape index (κ2) is 8.69. The fourth-order valence-electron chi connectivity index (χ4n) is 2.65. The molecule has 3 rings (SSSR count). The first kappa shape index (κ1) is 17.5. The Morgan fingerprint density at radius 3 is 2.35 bits per heavy atom. The SMILES string of the molecule is Cc1ccc(C#CCc2ccccc2C(=O)NCc2ccccc2)cc1. The standard InChI is InChI=1S/C24H21NO/c1-19-14-16-20(17-15-19)10-7-12-22-11-5-6-13-23(22)24(26)25-18-21-8-3-2-4-9-21/h2-6,8-9,11,13-17H,12,18H2,1H3,(H,25,26). The Labute approximate surface area is 154 Å². The first-order chi connectivity index (χ1) is 12.7. The predicted molar refractivity (Wildman–Crippen MR) is 106 cm³/mol. The van der Waals surface area contributed by atoms with E-state index in [1.54, 1.807) is 0 Å². The highest BCUT2D eigenvalue weighted by Gasteiger charge is 2.09. The molecule has 0 aromatic heterocycles. The minimum atomic E-state index is -0.0680. The Balaban J connectivity index is 1.68. The smallest absolute Gasteiger partial charge is 0.251 e. The third-order valence-corrected chi connectivity index (χ3v) is 4.12. The van der Waals surface area contributed by atoms with Gasteiger partial charge < -0.3 is 5.32 Å². The van der Waals surface area contributed by atoms with Crippen LogP contribution in [-0.4, -0.2) is 5.91 Å². The molecule has 0 saturated heterocycles. The summed E-state index contributed by atoms with van der Waals surface area (Å²) in [5.74, 6) is 6.27. The monoisotopic (exact) mass is 339 g/mol. The lowest BCUT2D eigenvalue weighted by atomic mass is 10.0. The van der Waals surface area contributed by atoms with Crippen molar-refractivity contribution in [2.45, 2.75) is 19.9 Å². The highest BCUT2D eigenvalue weighted by Crippen LogP contribution is 2.10. The molecule has 0 fully saturated rings.